The highest BCUT2D eigenvalue weighted by molar-refractivity contribution is 6.30. The van der Waals surface area contributed by atoms with E-state index < -0.39 is 18.1 Å². The number of nitrogens with zero attached hydrogens (tertiary/aromatic N) is 2. The number of alkyl halides is 2. The number of benzene rings is 1. The predicted molar refractivity (Wildman–Crippen MR) is 64.6 cm³/mol. The first-order valence-electron chi connectivity index (χ1n) is 4.92. The zero-order valence-corrected chi connectivity index (χ0v) is 9.73. The molecule has 0 fully saturated rings. The van der Waals surface area contributed by atoms with Crippen LogP contribution in [0.3, 0.4) is 0 Å². The summed E-state index contributed by atoms with van der Waals surface area (Å²) < 4.78 is 25.1. The van der Waals surface area contributed by atoms with E-state index in [1.165, 1.54) is 0 Å². The summed E-state index contributed by atoms with van der Waals surface area (Å²) in [6.45, 7) is -3.01. The Morgan fingerprint density at radius 1 is 1.28 bits per heavy atom. The number of nitrogens with two attached hydrogens (primary N) is 1. The molecule has 0 bridgehead atoms. The van der Waals surface area contributed by atoms with Crippen molar-refractivity contribution in [1.29, 1.82) is 0 Å². The summed E-state index contributed by atoms with van der Waals surface area (Å²) in [7, 11) is 0. The fourth-order valence-corrected chi connectivity index (χ4v) is 1.60. The van der Waals surface area contributed by atoms with E-state index in [2.05, 4.69) is 4.98 Å². The molecule has 0 saturated carbocycles. The molecule has 0 radical (unpaired) electrons. The Balaban J connectivity index is 2.55. The van der Waals surface area contributed by atoms with Crippen molar-refractivity contribution in [2.24, 2.45) is 0 Å². The molecule has 0 aliphatic rings. The molecule has 0 amide bonds. The van der Waals surface area contributed by atoms with Crippen molar-refractivity contribution < 1.29 is 8.78 Å². The number of halogens is 3. The Hall–Kier alpha value is -1.95. The van der Waals surface area contributed by atoms with Gasteiger partial charge >= 0.3 is 6.55 Å². The smallest absolute Gasteiger partial charge is 0.324 e. The van der Waals surface area contributed by atoms with Crippen LogP contribution in [0.5, 0.6) is 0 Å². The Morgan fingerprint density at radius 3 is 2.39 bits per heavy atom. The van der Waals surface area contributed by atoms with Crippen molar-refractivity contribution in [3.05, 3.63) is 45.7 Å². The zero-order chi connectivity index (χ0) is 13.3. The minimum atomic E-state index is -3.01. The van der Waals surface area contributed by atoms with Gasteiger partial charge in [-0.25, -0.2) is 9.55 Å². The van der Waals surface area contributed by atoms with Crippen molar-refractivity contribution >= 4 is 17.5 Å². The first kappa shape index (κ1) is 12.5. The lowest BCUT2D eigenvalue weighted by Gasteiger charge is -2.08. The molecule has 0 atom stereocenters. The van der Waals surface area contributed by atoms with Gasteiger partial charge in [0.1, 0.15) is 0 Å². The number of hydrogen-bond donors (Lipinski definition) is 1. The van der Waals surface area contributed by atoms with Gasteiger partial charge in [-0.05, 0) is 12.1 Å². The van der Waals surface area contributed by atoms with E-state index in [9.17, 15) is 13.6 Å². The Bertz CT molecular complexity index is 625. The molecule has 0 unspecified atom stereocenters. The van der Waals surface area contributed by atoms with Crippen LogP contribution < -0.4 is 11.3 Å². The molecule has 0 spiro atoms. The number of aromatic nitrogens is 2. The highest BCUT2D eigenvalue weighted by Crippen LogP contribution is 2.20. The van der Waals surface area contributed by atoms with E-state index in [1.807, 2.05) is 0 Å². The van der Waals surface area contributed by atoms with Crippen LogP contribution in [0.2, 0.25) is 5.02 Å². The SMILES string of the molecule is Nc1nc(-c2ccc(Cl)cc2)cc(=O)n1C(F)F. The number of hydrogen-bond acceptors (Lipinski definition) is 3. The third-order valence-electron chi connectivity index (χ3n) is 2.31. The van der Waals surface area contributed by atoms with Crippen LogP contribution in [0, 0.1) is 0 Å². The first-order valence-corrected chi connectivity index (χ1v) is 5.30. The predicted octanol–water partition coefficient (Wildman–Crippen LogP) is 2.54. The minimum Gasteiger partial charge on any atom is -0.369 e. The molecule has 1 aromatic heterocycles. The summed E-state index contributed by atoms with van der Waals surface area (Å²) >= 11 is 5.72. The Morgan fingerprint density at radius 2 is 1.89 bits per heavy atom. The van der Waals surface area contributed by atoms with Gasteiger partial charge in [-0.1, -0.05) is 23.7 Å². The summed E-state index contributed by atoms with van der Waals surface area (Å²) in [5, 5.41) is 0.521. The molecule has 0 saturated heterocycles. The Labute approximate surface area is 106 Å². The van der Waals surface area contributed by atoms with Crippen LogP contribution in [-0.4, -0.2) is 9.55 Å². The highest BCUT2D eigenvalue weighted by atomic mass is 35.5. The summed E-state index contributed by atoms with van der Waals surface area (Å²) in [5.41, 5.74) is 5.24. The molecule has 2 rings (SSSR count). The molecule has 1 heterocycles. The summed E-state index contributed by atoms with van der Waals surface area (Å²) in [5.74, 6) is -0.526. The molecule has 7 heteroatoms. The second-order valence-electron chi connectivity index (χ2n) is 3.49. The maximum absolute atomic E-state index is 12.5. The van der Waals surface area contributed by atoms with Crippen LogP contribution in [0.25, 0.3) is 11.3 Å². The second kappa shape index (κ2) is 4.73. The molecule has 0 aliphatic heterocycles. The van der Waals surface area contributed by atoms with Crippen LogP contribution in [0.1, 0.15) is 6.55 Å². The molecule has 94 valence electrons. The lowest BCUT2D eigenvalue weighted by Crippen LogP contribution is -2.24. The van der Waals surface area contributed by atoms with Gasteiger partial charge in [0.15, 0.2) is 0 Å². The van der Waals surface area contributed by atoms with Crippen molar-refractivity contribution in [3.63, 3.8) is 0 Å². The van der Waals surface area contributed by atoms with E-state index in [-0.39, 0.29) is 10.3 Å². The van der Waals surface area contributed by atoms with Crippen molar-refractivity contribution in [1.82, 2.24) is 9.55 Å². The second-order valence-corrected chi connectivity index (χ2v) is 3.93. The highest BCUT2D eigenvalue weighted by Gasteiger charge is 2.14. The van der Waals surface area contributed by atoms with E-state index >= 15 is 0 Å². The Kier molecular flexibility index (Phi) is 3.29. The maximum Gasteiger partial charge on any atom is 0.324 e. The van der Waals surface area contributed by atoms with E-state index in [1.54, 1.807) is 24.3 Å². The van der Waals surface area contributed by atoms with E-state index in [0.29, 0.717) is 10.6 Å². The summed E-state index contributed by atoms with van der Waals surface area (Å²) in [4.78, 5) is 15.3. The van der Waals surface area contributed by atoms with Crippen LogP contribution in [0.4, 0.5) is 14.7 Å². The molecule has 2 N–H and O–H groups in total. The standard InChI is InChI=1S/C11H8ClF2N3O/c12-7-3-1-6(2-4-7)8-5-9(18)17(10(13)14)11(15)16-8/h1-5,10H,(H2,15,16). The summed E-state index contributed by atoms with van der Waals surface area (Å²) in [6.07, 6.45) is 0. The van der Waals surface area contributed by atoms with E-state index in [4.69, 9.17) is 17.3 Å². The fourth-order valence-electron chi connectivity index (χ4n) is 1.47. The third kappa shape index (κ3) is 2.33. The fraction of sp³-hybridized carbons (Fsp3) is 0.0909. The molecule has 2 aromatic rings. The molecule has 1 aromatic carbocycles. The van der Waals surface area contributed by atoms with Gasteiger partial charge in [0, 0.05) is 16.7 Å². The van der Waals surface area contributed by atoms with Crippen molar-refractivity contribution in [2.45, 2.75) is 6.55 Å². The van der Waals surface area contributed by atoms with Gasteiger partial charge in [-0.2, -0.15) is 8.78 Å². The zero-order valence-electron chi connectivity index (χ0n) is 8.98. The van der Waals surface area contributed by atoms with Gasteiger partial charge in [0.05, 0.1) is 5.69 Å². The van der Waals surface area contributed by atoms with Crippen molar-refractivity contribution in [3.8, 4) is 11.3 Å². The lowest BCUT2D eigenvalue weighted by molar-refractivity contribution is 0.0680. The average molecular weight is 272 g/mol. The number of rotatable bonds is 2. The quantitative estimate of drug-likeness (QED) is 0.913. The molecule has 0 aliphatic carbocycles. The van der Waals surface area contributed by atoms with Gasteiger partial charge in [-0.3, -0.25) is 4.79 Å². The van der Waals surface area contributed by atoms with Crippen LogP contribution in [0.15, 0.2) is 35.1 Å². The maximum atomic E-state index is 12.5. The largest absolute Gasteiger partial charge is 0.369 e. The van der Waals surface area contributed by atoms with Crippen LogP contribution in [-0.2, 0) is 0 Å². The van der Waals surface area contributed by atoms with Gasteiger partial charge < -0.3 is 5.73 Å². The monoisotopic (exact) mass is 271 g/mol. The topological polar surface area (TPSA) is 60.9 Å². The van der Waals surface area contributed by atoms with E-state index in [0.717, 1.165) is 6.07 Å². The number of nitrogen functional groups attached to an aromatic ring is 1. The number of anilines is 1. The molecular weight excluding hydrogens is 264 g/mol. The molecular formula is C11H8ClF2N3O. The third-order valence-corrected chi connectivity index (χ3v) is 2.57. The van der Waals surface area contributed by atoms with Gasteiger partial charge in [0.25, 0.3) is 5.56 Å². The van der Waals surface area contributed by atoms with Crippen molar-refractivity contribution in [2.75, 3.05) is 5.73 Å². The van der Waals surface area contributed by atoms with Gasteiger partial charge in [0.2, 0.25) is 5.95 Å². The molecule has 18 heavy (non-hydrogen) atoms. The average Bonchev–Trinajstić information content (AvgIpc) is 2.28. The lowest BCUT2D eigenvalue weighted by atomic mass is 10.1. The summed E-state index contributed by atoms with van der Waals surface area (Å²) in [6, 6.07) is 7.46. The minimum absolute atomic E-state index is 0.124. The van der Waals surface area contributed by atoms with Gasteiger partial charge in [-0.15, -0.1) is 0 Å². The normalized spacial score (nSPS) is 10.9. The van der Waals surface area contributed by atoms with Crippen LogP contribution >= 0.6 is 11.6 Å². The molecule has 4 nitrogen and oxygen atoms in total. The first-order chi connectivity index (χ1) is 8.49.